The molecule has 0 bridgehead atoms. The lowest BCUT2D eigenvalue weighted by Gasteiger charge is -2.13. The van der Waals surface area contributed by atoms with Crippen molar-refractivity contribution in [1.82, 2.24) is 5.32 Å². The molecule has 0 aliphatic carbocycles. The Morgan fingerprint density at radius 2 is 1.83 bits per heavy atom. The van der Waals surface area contributed by atoms with Crippen LogP contribution in [0, 0.1) is 0 Å². The van der Waals surface area contributed by atoms with Crippen molar-refractivity contribution in [2.24, 2.45) is 0 Å². The zero-order chi connectivity index (χ0) is 16.9. The van der Waals surface area contributed by atoms with Gasteiger partial charge in [0.15, 0.2) is 11.5 Å². The number of nitrogens with one attached hydrogen (secondary N) is 1. The summed E-state index contributed by atoms with van der Waals surface area (Å²) < 4.78 is 11.2. The van der Waals surface area contributed by atoms with E-state index in [9.17, 15) is 9.59 Å². The summed E-state index contributed by atoms with van der Waals surface area (Å²) in [6, 6.07) is 15.4. The molecule has 5 nitrogen and oxygen atoms in total. The van der Waals surface area contributed by atoms with Gasteiger partial charge in [-0.15, -0.1) is 0 Å². The van der Waals surface area contributed by atoms with Crippen LogP contribution in [-0.4, -0.2) is 23.5 Å². The maximum atomic E-state index is 11.7. The molecule has 1 aliphatic heterocycles. The first-order chi connectivity index (χ1) is 11.7. The number of carbonyl (C=O) groups excluding carboxylic acids is 2. The molecule has 0 aromatic heterocycles. The van der Waals surface area contributed by atoms with Gasteiger partial charge >= 0.3 is 0 Å². The summed E-state index contributed by atoms with van der Waals surface area (Å²) in [5.74, 6) is 1.01. The van der Waals surface area contributed by atoms with Crippen LogP contribution in [0.4, 0.5) is 4.79 Å². The highest BCUT2D eigenvalue weighted by atomic mass is 32.2. The summed E-state index contributed by atoms with van der Waals surface area (Å²) in [6.07, 6.45) is 0.466. The van der Waals surface area contributed by atoms with Crippen molar-refractivity contribution in [3.8, 4) is 11.5 Å². The van der Waals surface area contributed by atoms with E-state index in [1.165, 1.54) is 0 Å². The van der Waals surface area contributed by atoms with Crippen molar-refractivity contribution in [2.45, 2.75) is 18.3 Å². The molecule has 0 spiro atoms. The number of rotatable bonds is 6. The molecule has 1 saturated heterocycles. The van der Waals surface area contributed by atoms with E-state index in [1.807, 2.05) is 48.5 Å². The van der Waals surface area contributed by atoms with Gasteiger partial charge in [-0.2, -0.15) is 0 Å². The number of ether oxygens (including phenoxy) is 2. The second-order valence-electron chi connectivity index (χ2n) is 5.35. The van der Waals surface area contributed by atoms with Crippen LogP contribution in [0.2, 0.25) is 0 Å². The quantitative estimate of drug-likeness (QED) is 0.873. The molecular weight excluding hydrogens is 326 g/mol. The molecule has 0 saturated carbocycles. The molecule has 1 aliphatic rings. The number of hydrogen-bond acceptors (Lipinski definition) is 5. The first kappa shape index (κ1) is 16.4. The van der Waals surface area contributed by atoms with Crippen molar-refractivity contribution in [1.29, 1.82) is 0 Å². The molecule has 6 heteroatoms. The topological polar surface area (TPSA) is 64.6 Å². The maximum absolute atomic E-state index is 11.7. The average Bonchev–Trinajstić information content (AvgIpc) is 2.91. The van der Waals surface area contributed by atoms with Crippen LogP contribution in [0.3, 0.4) is 0 Å². The fourth-order valence-corrected chi connectivity index (χ4v) is 3.30. The van der Waals surface area contributed by atoms with E-state index < -0.39 is 5.25 Å². The number of hydrogen-bond donors (Lipinski definition) is 1. The number of carbonyl (C=O) groups is 2. The van der Waals surface area contributed by atoms with Gasteiger partial charge in [0.05, 0.1) is 12.4 Å². The monoisotopic (exact) mass is 343 g/mol. The second kappa shape index (κ2) is 7.40. The first-order valence-corrected chi connectivity index (χ1v) is 8.39. The van der Waals surface area contributed by atoms with Crippen LogP contribution in [0.25, 0.3) is 0 Å². The molecule has 1 unspecified atom stereocenters. The van der Waals surface area contributed by atoms with Gasteiger partial charge in [-0.3, -0.25) is 14.9 Å². The lowest BCUT2D eigenvalue weighted by Crippen LogP contribution is -2.25. The molecule has 1 atom stereocenters. The fourth-order valence-electron chi connectivity index (χ4n) is 2.44. The molecule has 124 valence electrons. The van der Waals surface area contributed by atoms with Crippen molar-refractivity contribution in [2.75, 3.05) is 7.11 Å². The highest BCUT2D eigenvalue weighted by Gasteiger charge is 2.31. The van der Waals surface area contributed by atoms with Gasteiger partial charge in [-0.1, -0.05) is 48.2 Å². The highest BCUT2D eigenvalue weighted by Crippen LogP contribution is 2.31. The van der Waals surface area contributed by atoms with Crippen LogP contribution in [0.1, 0.15) is 11.1 Å². The Morgan fingerprint density at radius 1 is 1.04 bits per heavy atom. The Balaban J connectivity index is 1.73. The van der Waals surface area contributed by atoms with E-state index in [-0.39, 0.29) is 11.1 Å². The van der Waals surface area contributed by atoms with E-state index >= 15 is 0 Å². The Kier molecular flexibility index (Phi) is 5.05. The average molecular weight is 343 g/mol. The summed E-state index contributed by atoms with van der Waals surface area (Å²) in [7, 11) is 1.59. The van der Waals surface area contributed by atoms with Gasteiger partial charge in [-0.05, 0) is 29.7 Å². The van der Waals surface area contributed by atoms with Gasteiger partial charge in [0.25, 0.3) is 5.24 Å². The maximum Gasteiger partial charge on any atom is 0.286 e. The van der Waals surface area contributed by atoms with Crippen molar-refractivity contribution in [3.63, 3.8) is 0 Å². The summed E-state index contributed by atoms with van der Waals surface area (Å²) in [5, 5.41) is 1.61. The number of methoxy groups -OCH3 is 1. The molecule has 1 heterocycles. The Morgan fingerprint density at radius 3 is 2.50 bits per heavy atom. The van der Waals surface area contributed by atoms with Crippen LogP contribution in [-0.2, 0) is 17.8 Å². The summed E-state index contributed by atoms with van der Waals surface area (Å²) in [6.45, 7) is 0.428. The standard InChI is InChI=1S/C18H17NO4S/c1-22-14-8-7-13(10-16-17(20)19-18(21)24-16)9-15(14)23-11-12-5-3-2-4-6-12/h2-9,16H,10-11H2,1H3,(H,19,20,21). The van der Waals surface area contributed by atoms with Crippen molar-refractivity contribution >= 4 is 22.9 Å². The SMILES string of the molecule is COc1ccc(CC2SC(=O)NC2=O)cc1OCc1ccccc1. The van der Waals surface area contributed by atoms with E-state index in [1.54, 1.807) is 7.11 Å². The van der Waals surface area contributed by atoms with Gasteiger partial charge in [0.2, 0.25) is 5.91 Å². The Hall–Kier alpha value is -2.47. The normalized spacial score (nSPS) is 16.8. The molecule has 1 fully saturated rings. The summed E-state index contributed by atoms with van der Waals surface area (Å²) in [5.41, 5.74) is 1.97. The molecule has 0 radical (unpaired) electrons. The van der Waals surface area contributed by atoms with Gasteiger partial charge in [0, 0.05) is 0 Å². The predicted molar refractivity (Wildman–Crippen MR) is 92.4 cm³/mol. The highest BCUT2D eigenvalue weighted by molar-refractivity contribution is 8.15. The van der Waals surface area contributed by atoms with Crippen LogP contribution in [0.15, 0.2) is 48.5 Å². The second-order valence-corrected chi connectivity index (χ2v) is 6.52. The smallest absolute Gasteiger partial charge is 0.286 e. The number of thioether (sulfide) groups is 1. The molecular formula is C18H17NO4S. The zero-order valence-electron chi connectivity index (χ0n) is 13.2. The first-order valence-electron chi connectivity index (χ1n) is 7.51. The molecule has 2 amide bonds. The molecule has 24 heavy (non-hydrogen) atoms. The van der Waals surface area contributed by atoms with E-state index in [2.05, 4.69) is 5.32 Å². The number of amides is 2. The molecule has 2 aromatic carbocycles. The third kappa shape index (κ3) is 3.89. The minimum absolute atomic E-state index is 0.243. The van der Waals surface area contributed by atoms with Gasteiger partial charge in [-0.25, -0.2) is 0 Å². The van der Waals surface area contributed by atoms with Crippen molar-refractivity contribution in [3.05, 3.63) is 59.7 Å². The van der Waals surface area contributed by atoms with Crippen LogP contribution >= 0.6 is 11.8 Å². The Labute approximate surface area is 144 Å². The van der Waals surface area contributed by atoms with Crippen LogP contribution < -0.4 is 14.8 Å². The number of benzene rings is 2. The van der Waals surface area contributed by atoms with Gasteiger partial charge in [0.1, 0.15) is 6.61 Å². The third-order valence-corrected chi connectivity index (χ3v) is 4.63. The van der Waals surface area contributed by atoms with Crippen molar-refractivity contribution < 1.29 is 19.1 Å². The largest absolute Gasteiger partial charge is 0.493 e. The number of imide groups is 1. The van der Waals surface area contributed by atoms with E-state index in [0.717, 1.165) is 22.9 Å². The zero-order valence-corrected chi connectivity index (χ0v) is 14.0. The summed E-state index contributed by atoms with van der Waals surface area (Å²) >= 11 is 1.02. The molecule has 1 N–H and O–H groups in total. The lowest BCUT2D eigenvalue weighted by molar-refractivity contribution is -0.118. The minimum Gasteiger partial charge on any atom is -0.493 e. The van der Waals surface area contributed by atoms with E-state index in [0.29, 0.717) is 24.5 Å². The predicted octanol–water partition coefficient (Wildman–Crippen LogP) is 3.17. The fraction of sp³-hybridized carbons (Fsp3) is 0.222. The minimum atomic E-state index is -0.395. The molecule has 2 aromatic rings. The van der Waals surface area contributed by atoms with E-state index in [4.69, 9.17) is 9.47 Å². The van der Waals surface area contributed by atoms with Gasteiger partial charge < -0.3 is 9.47 Å². The third-order valence-electron chi connectivity index (χ3n) is 3.65. The Bertz CT molecular complexity index is 748. The molecule has 3 rings (SSSR count). The lowest BCUT2D eigenvalue weighted by atomic mass is 10.1. The summed E-state index contributed by atoms with van der Waals surface area (Å²) in [4.78, 5) is 23.0. The van der Waals surface area contributed by atoms with Crippen LogP contribution in [0.5, 0.6) is 11.5 Å².